The number of rotatable bonds is 6. The van der Waals surface area contributed by atoms with Gasteiger partial charge in [0.15, 0.2) is 5.16 Å². The number of thioether (sulfide) groups is 1. The van der Waals surface area contributed by atoms with Crippen molar-refractivity contribution in [3.05, 3.63) is 87.6 Å². The average Bonchev–Trinajstić information content (AvgIpc) is 3.27. The van der Waals surface area contributed by atoms with Crippen molar-refractivity contribution in [3.8, 4) is 5.69 Å². The Kier molecular flexibility index (Phi) is 5.92. The van der Waals surface area contributed by atoms with Crippen LogP contribution in [0.3, 0.4) is 0 Å². The number of hydrogen-bond acceptors (Lipinski definition) is 5. The molecule has 1 N–H and O–H groups in total. The molecule has 8 heteroatoms. The third kappa shape index (κ3) is 4.13. The summed E-state index contributed by atoms with van der Waals surface area (Å²) in [6, 6.07) is 16.1. The van der Waals surface area contributed by atoms with Crippen LogP contribution in [0.15, 0.2) is 75.2 Å². The molecule has 0 aliphatic carbocycles. The Hall–Kier alpha value is -3.03. The summed E-state index contributed by atoms with van der Waals surface area (Å²) in [6.45, 7) is 2.15. The van der Waals surface area contributed by atoms with Gasteiger partial charge in [-0.1, -0.05) is 41.6 Å². The topological polar surface area (TPSA) is 77.1 Å². The number of nitrogens with zero attached hydrogens (tertiary/aromatic N) is 2. The van der Waals surface area contributed by atoms with E-state index in [9.17, 15) is 9.59 Å². The van der Waals surface area contributed by atoms with E-state index in [-0.39, 0.29) is 17.2 Å². The van der Waals surface area contributed by atoms with Crippen molar-refractivity contribution in [1.82, 2.24) is 14.9 Å². The van der Waals surface area contributed by atoms with E-state index in [2.05, 4.69) is 10.3 Å². The molecule has 0 unspecified atom stereocenters. The zero-order chi connectivity index (χ0) is 21.1. The van der Waals surface area contributed by atoms with Gasteiger partial charge in [-0.2, -0.15) is 0 Å². The Morgan fingerprint density at radius 3 is 2.80 bits per heavy atom. The molecule has 4 aromatic rings. The largest absolute Gasteiger partial charge is 0.467 e. The SMILES string of the molecule is Cc1c(Cl)cccc1-n1c(SCC(=O)NCc2ccco2)nc2ccccc2c1=O. The molecule has 0 radical (unpaired) electrons. The maximum absolute atomic E-state index is 13.3. The maximum Gasteiger partial charge on any atom is 0.266 e. The summed E-state index contributed by atoms with van der Waals surface area (Å²) < 4.78 is 6.74. The normalized spacial score (nSPS) is 11.0. The molecule has 2 aromatic heterocycles. The molecule has 6 nitrogen and oxygen atoms in total. The van der Waals surface area contributed by atoms with E-state index in [0.717, 1.165) is 5.56 Å². The molecule has 0 aliphatic heterocycles. The highest BCUT2D eigenvalue weighted by Gasteiger charge is 2.17. The van der Waals surface area contributed by atoms with Gasteiger partial charge in [0.2, 0.25) is 5.91 Å². The summed E-state index contributed by atoms with van der Waals surface area (Å²) in [6.07, 6.45) is 1.56. The second kappa shape index (κ2) is 8.77. The molecule has 0 aliphatic rings. The molecule has 0 saturated carbocycles. The van der Waals surface area contributed by atoms with Crippen molar-refractivity contribution in [2.45, 2.75) is 18.6 Å². The summed E-state index contributed by atoms with van der Waals surface area (Å²) in [5.41, 5.74) is 1.79. The minimum atomic E-state index is -0.204. The van der Waals surface area contributed by atoms with E-state index in [1.54, 1.807) is 48.7 Å². The van der Waals surface area contributed by atoms with Gasteiger partial charge >= 0.3 is 0 Å². The van der Waals surface area contributed by atoms with Crippen molar-refractivity contribution in [2.24, 2.45) is 0 Å². The van der Waals surface area contributed by atoms with Crippen LogP contribution in [-0.4, -0.2) is 21.2 Å². The third-order valence-corrected chi connectivity index (χ3v) is 5.95. The van der Waals surface area contributed by atoms with Crippen LogP contribution in [0.25, 0.3) is 16.6 Å². The molecule has 0 fully saturated rings. The summed E-state index contributed by atoms with van der Waals surface area (Å²) in [7, 11) is 0. The van der Waals surface area contributed by atoms with Crippen LogP contribution in [0.5, 0.6) is 0 Å². The first-order valence-electron chi connectivity index (χ1n) is 9.24. The molecule has 0 bridgehead atoms. The van der Waals surface area contributed by atoms with Crippen molar-refractivity contribution in [1.29, 1.82) is 0 Å². The number of benzene rings is 2. The molecule has 2 heterocycles. The van der Waals surface area contributed by atoms with Gasteiger partial charge < -0.3 is 9.73 Å². The Labute approximate surface area is 181 Å². The van der Waals surface area contributed by atoms with Gasteiger partial charge in [0.1, 0.15) is 5.76 Å². The first kappa shape index (κ1) is 20.3. The van der Waals surface area contributed by atoms with Crippen LogP contribution in [0, 0.1) is 6.92 Å². The molecule has 4 rings (SSSR count). The zero-order valence-electron chi connectivity index (χ0n) is 16.1. The van der Waals surface area contributed by atoms with E-state index in [4.69, 9.17) is 16.0 Å². The van der Waals surface area contributed by atoms with Crippen LogP contribution >= 0.6 is 23.4 Å². The second-order valence-electron chi connectivity index (χ2n) is 6.58. The van der Waals surface area contributed by atoms with E-state index in [1.807, 2.05) is 19.1 Å². The Morgan fingerprint density at radius 1 is 1.17 bits per heavy atom. The zero-order valence-corrected chi connectivity index (χ0v) is 17.7. The minimum Gasteiger partial charge on any atom is -0.467 e. The minimum absolute atomic E-state index is 0.102. The van der Waals surface area contributed by atoms with Gasteiger partial charge in [0.25, 0.3) is 5.56 Å². The molecule has 2 aromatic carbocycles. The smallest absolute Gasteiger partial charge is 0.266 e. The monoisotopic (exact) mass is 439 g/mol. The Balaban J connectivity index is 1.68. The van der Waals surface area contributed by atoms with Gasteiger partial charge in [-0.3, -0.25) is 14.2 Å². The van der Waals surface area contributed by atoms with E-state index >= 15 is 0 Å². The van der Waals surface area contributed by atoms with Gasteiger partial charge in [-0.25, -0.2) is 4.98 Å². The summed E-state index contributed by atoms with van der Waals surface area (Å²) in [5, 5.41) is 4.28. The number of fused-ring (bicyclic) bond motifs is 1. The number of amides is 1. The van der Waals surface area contributed by atoms with Gasteiger partial charge in [0.05, 0.1) is 35.2 Å². The fourth-order valence-corrected chi connectivity index (χ4v) is 4.04. The standard InChI is InChI=1S/C22H18ClN3O3S/c1-14-17(23)8-4-10-19(14)26-21(28)16-7-2-3-9-18(16)25-22(26)30-13-20(27)24-12-15-6-5-11-29-15/h2-11H,12-13H2,1H3,(H,24,27). The van der Waals surface area contributed by atoms with Gasteiger partial charge in [-0.15, -0.1) is 0 Å². The lowest BCUT2D eigenvalue weighted by atomic mass is 10.2. The molecular formula is C22H18ClN3O3S. The van der Waals surface area contributed by atoms with Crippen molar-refractivity contribution >= 4 is 40.2 Å². The van der Waals surface area contributed by atoms with E-state index < -0.39 is 0 Å². The highest BCUT2D eigenvalue weighted by Crippen LogP contribution is 2.26. The molecule has 0 atom stereocenters. The number of carbonyl (C=O) groups excluding carboxylic acids is 1. The van der Waals surface area contributed by atoms with Crippen LogP contribution < -0.4 is 10.9 Å². The fourth-order valence-electron chi connectivity index (χ4n) is 3.04. The van der Waals surface area contributed by atoms with E-state index in [1.165, 1.54) is 16.3 Å². The van der Waals surface area contributed by atoms with Crippen LogP contribution in [0.2, 0.25) is 5.02 Å². The predicted octanol–water partition coefficient (Wildman–Crippen LogP) is 4.35. The van der Waals surface area contributed by atoms with Gasteiger partial charge in [0, 0.05) is 5.02 Å². The summed E-state index contributed by atoms with van der Waals surface area (Å²) >= 11 is 7.49. The first-order chi connectivity index (χ1) is 14.5. The number of aromatic nitrogens is 2. The molecule has 30 heavy (non-hydrogen) atoms. The van der Waals surface area contributed by atoms with Crippen LogP contribution in [-0.2, 0) is 11.3 Å². The van der Waals surface area contributed by atoms with Crippen molar-refractivity contribution in [3.63, 3.8) is 0 Å². The van der Waals surface area contributed by atoms with Crippen molar-refractivity contribution < 1.29 is 9.21 Å². The molecular weight excluding hydrogens is 422 g/mol. The highest BCUT2D eigenvalue weighted by molar-refractivity contribution is 7.99. The number of hydrogen-bond donors (Lipinski definition) is 1. The molecule has 0 spiro atoms. The number of halogens is 1. The Morgan fingerprint density at radius 2 is 2.00 bits per heavy atom. The van der Waals surface area contributed by atoms with E-state index in [0.29, 0.717) is 39.1 Å². The number of carbonyl (C=O) groups is 1. The fraction of sp³-hybridized carbons (Fsp3) is 0.136. The maximum atomic E-state index is 13.3. The third-order valence-electron chi connectivity index (χ3n) is 4.60. The number of furan rings is 1. The van der Waals surface area contributed by atoms with Crippen molar-refractivity contribution in [2.75, 3.05) is 5.75 Å². The summed E-state index contributed by atoms with van der Waals surface area (Å²) in [5.74, 6) is 0.585. The van der Waals surface area contributed by atoms with Gasteiger partial charge in [-0.05, 0) is 48.9 Å². The molecule has 1 amide bonds. The lowest BCUT2D eigenvalue weighted by molar-refractivity contribution is -0.118. The first-order valence-corrected chi connectivity index (χ1v) is 10.6. The lowest BCUT2D eigenvalue weighted by Gasteiger charge is -2.15. The Bertz CT molecular complexity index is 1270. The second-order valence-corrected chi connectivity index (χ2v) is 7.93. The van der Waals surface area contributed by atoms with Crippen LogP contribution in [0.1, 0.15) is 11.3 Å². The highest BCUT2D eigenvalue weighted by atomic mass is 35.5. The molecule has 152 valence electrons. The number of nitrogens with one attached hydrogen (secondary N) is 1. The number of para-hydroxylation sites is 1. The lowest BCUT2D eigenvalue weighted by Crippen LogP contribution is -2.26. The summed E-state index contributed by atoms with van der Waals surface area (Å²) in [4.78, 5) is 30.3. The molecule has 0 saturated heterocycles. The predicted molar refractivity (Wildman–Crippen MR) is 118 cm³/mol. The quantitative estimate of drug-likeness (QED) is 0.357. The van der Waals surface area contributed by atoms with Crippen LogP contribution in [0.4, 0.5) is 0 Å². The average molecular weight is 440 g/mol.